The first-order valence-electron chi connectivity index (χ1n) is 12.7. The fourth-order valence-corrected chi connectivity index (χ4v) is 4.41. The second-order valence-corrected chi connectivity index (χ2v) is 9.37. The van der Waals surface area contributed by atoms with Crippen molar-refractivity contribution in [2.45, 2.75) is 37.8 Å². The molecule has 0 fully saturated rings. The van der Waals surface area contributed by atoms with Crippen LogP contribution in [0, 0.1) is 5.82 Å². The lowest BCUT2D eigenvalue weighted by atomic mass is 9.94. The van der Waals surface area contributed by atoms with E-state index < -0.39 is 48.0 Å². The molecule has 2 unspecified atom stereocenters. The summed E-state index contributed by atoms with van der Waals surface area (Å²) >= 11 is 0. The maximum absolute atomic E-state index is 15.2. The van der Waals surface area contributed by atoms with E-state index in [9.17, 15) is 31.4 Å². The molecular weight excluding hydrogens is 551 g/mol. The van der Waals surface area contributed by atoms with Crippen LogP contribution < -0.4 is 10.1 Å². The molecule has 0 spiro atoms. The second kappa shape index (κ2) is 12.3. The monoisotopic (exact) mass is 577 g/mol. The first-order valence-corrected chi connectivity index (χ1v) is 12.7. The van der Waals surface area contributed by atoms with Gasteiger partial charge in [0.1, 0.15) is 17.3 Å². The van der Waals surface area contributed by atoms with Crippen molar-refractivity contribution in [3.05, 3.63) is 130 Å². The number of aliphatic hydroxyl groups is 1. The molecule has 41 heavy (non-hydrogen) atoms. The maximum Gasteiger partial charge on any atom is 0.416 e. The Kier molecular flexibility index (Phi) is 9.04. The number of alkyl halides is 6. The molecule has 4 aromatic rings. The summed E-state index contributed by atoms with van der Waals surface area (Å²) in [5.41, 5.74) is -0.911. The second-order valence-electron chi connectivity index (χ2n) is 9.37. The molecule has 10 heteroatoms. The van der Waals surface area contributed by atoms with Gasteiger partial charge in [0.25, 0.3) is 0 Å². The summed E-state index contributed by atoms with van der Waals surface area (Å²) in [6.45, 7) is 1.30. The predicted octanol–water partition coefficient (Wildman–Crippen LogP) is 8.63. The number of nitrogens with one attached hydrogen (secondary N) is 1. The van der Waals surface area contributed by atoms with Gasteiger partial charge in [-0.3, -0.25) is 5.32 Å². The Morgan fingerprint density at radius 2 is 1.34 bits per heavy atom. The highest BCUT2D eigenvalue weighted by Crippen LogP contribution is 2.36. The van der Waals surface area contributed by atoms with Gasteiger partial charge in [-0.15, -0.1) is 0 Å². The van der Waals surface area contributed by atoms with Crippen LogP contribution in [0.2, 0.25) is 0 Å². The predicted molar refractivity (Wildman–Crippen MR) is 140 cm³/mol. The van der Waals surface area contributed by atoms with Gasteiger partial charge in [0.05, 0.1) is 29.8 Å². The fraction of sp³-hybridized carbons (Fsp3) is 0.226. The minimum atomic E-state index is -4.78. The minimum absolute atomic E-state index is 0.0587. The molecule has 2 N–H and O–H groups in total. The minimum Gasteiger partial charge on any atom is -0.457 e. The lowest BCUT2D eigenvalue weighted by molar-refractivity contribution is -0.138. The van der Waals surface area contributed by atoms with E-state index in [-0.39, 0.29) is 11.1 Å². The zero-order valence-electron chi connectivity index (χ0n) is 21.7. The Morgan fingerprint density at radius 3 is 1.98 bits per heavy atom. The van der Waals surface area contributed by atoms with E-state index in [1.807, 2.05) is 25.1 Å². The van der Waals surface area contributed by atoms with Crippen LogP contribution in [-0.4, -0.2) is 11.7 Å². The van der Waals surface area contributed by atoms with Gasteiger partial charge in [-0.05, 0) is 71.6 Å². The Bertz CT molecular complexity index is 1480. The molecule has 2 atom stereocenters. The van der Waals surface area contributed by atoms with Gasteiger partial charge in [0.15, 0.2) is 0 Å². The SMILES string of the molecule is CCc1cccc(Oc2cccc(C(NC(CO)c3cccc(C(F)(F)F)c3)c3ccc(C(F)(F)F)cc3F)c2)c1. The Labute approximate surface area is 232 Å². The van der Waals surface area contributed by atoms with Crippen molar-refractivity contribution in [1.29, 1.82) is 0 Å². The number of aryl methyl sites for hydroxylation is 1. The molecular formula is C31H26F7NO2. The summed E-state index contributed by atoms with van der Waals surface area (Å²) < 4.78 is 101. The maximum atomic E-state index is 15.2. The normalized spacial score (nSPS) is 13.6. The number of halogens is 7. The van der Waals surface area contributed by atoms with Crippen LogP contribution in [-0.2, 0) is 18.8 Å². The molecule has 0 saturated carbocycles. The third kappa shape index (κ3) is 7.45. The average Bonchev–Trinajstić information content (AvgIpc) is 2.93. The van der Waals surface area contributed by atoms with Gasteiger partial charge in [-0.25, -0.2) is 4.39 Å². The van der Waals surface area contributed by atoms with Crippen LogP contribution >= 0.6 is 0 Å². The number of ether oxygens (including phenoxy) is 1. The van der Waals surface area contributed by atoms with Gasteiger partial charge >= 0.3 is 12.4 Å². The van der Waals surface area contributed by atoms with Crippen LogP contribution in [0.25, 0.3) is 0 Å². The van der Waals surface area contributed by atoms with Crippen molar-refractivity contribution in [3.63, 3.8) is 0 Å². The molecule has 0 amide bonds. The summed E-state index contributed by atoms with van der Waals surface area (Å²) in [5, 5.41) is 13.1. The van der Waals surface area contributed by atoms with E-state index in [1.165, 1.54) is 12.1 Å². The van der Waals surface area contributed by atoms with Gasteiger partial charge in [-0.1, -0.05) is 49.4 Å². The third-order valence-electron chi connectivity index (χ3n) is 6.54. The van der Waals surface area contributed by atoms with Crippen molar-refractivity contribution in [1.82, 2.24) is 5.32 Å². The molecule has 0 aliphatic carbocycles. The number of hydrogen-bond acceptors (Lipinski definition) is 3. The Morgan fingerprint density at radius 1 is 0.732 bits per heavy atom. The number of benzene rings is 4. The Hall–Kier alpha value is -3.89. The van der Waals surface area contributed by atoms with E-state index >= 15 is 4.39 Å². The fourth-order valence-electron chi connectivity index (χ4n) is 4.41. The van der Waals surface area contributed by atoms with Crippen LogP contribution in [0.5, 0.6) is 11.5 Å². The zero-order chi connectivity index (χ0) is 29.8. The van der Waals surface area contributed by atoms with Crippen LogP contribution in [0.15, 0.2) is 91.0 Å². The molecule has 0 aliphatic heterocycles. The summed E-state index contributed by atoms with van der Waals surface area (Å²) in [7, 11) is 0. The molecule has 4 rings (SSSR count). The summed E-state index contributed by atoms with van der Waals surface area (Å²) in [5.74, 6) is -0.307. The van der Waals surface area contributed by atoms with E-state index in [0.717, 1.165) is 36.2 Å². The highest BCUT2D eigenvalue weighted by atomic mass is 19.4. The first kappa shape index (κ1) is 30.1. The lowest BCUT2D eigenvalue weighted by Crippen LogP contribution is -2.30. The van der Waals surface area contributed by atoms with Gasteiger partial charge in [-0.2, -0.15) is 26.3 Å². The standard InChI is InChI=1S/C31H26F7NO2/c1-2-19-6-3-10-24(14-19)41-25-11-5-8-21(16-25)29(26-13-12-23(17-27(26)32)31(36,37)38)39-28(18-40)20-7-4-9-22(15-20)30(33,34)35/h3-17,28-29,39-40H,2,18H2,1H3. The Balaban J connectivity index is 1.76. The smallest absolute Gasteiger partial charge is 0.416 e. The van der Waals surface area contributed by atoms with Crippen LogP contribution in [0.1, 0.15) is 52.4 Å². The van der Waals surface area contributed by atoms with E-state index in [0.29, 0.717) is 23.1 Å². The quantitative estimate of drug-likeness (QED) is 0.196. The molecule has 0 aromatic heterocycles. The van der Waals surface area contributed by atoms with Crippen LogP contribution in [0.4, 0.5) is 30.7 Å². The van der Waals surface area contributed by atoms with Gasteiger partial charge in [0, 0.05) is 5.56 Å². The lowest BCUT2D eigenvalue weighted by Gasteiger charge is -2.27. The molecule has 0 radical (unpaired) electrons. The highest BCUT2D eigenvalue weighted by molar-refractivity contribution is 5.42. The van der Waals surface area contributed by atoms with Crippen molar-refractivity contribution < 1.29 is 40.6 Å². The van der Waals surface area contributed by atoms with E-state index in [2.05, 4.69) is 5.32 Å². The molecule has 0 heterocycles. The molecule has 4 aromatic carbocycles. The number of rotatable bonds is 9. The number of aliphatic hydroxyl groups excluding tert-OH is 1. The first-order chi connectivity index (χ1) is 19.4. The van der Waals surface area contributed by atoms with E-state index in [1.54, 1.807) is 30.3 Å². The summed E-state index contributed by atoms with van der Waals surface area (Å²) in [6, 6.07) is 17.7. The molecule has 0 aliphatic rings. The molecule has 3 nitrogen and oxygen atoms in total. The van der Waals surface area contributed by atoms with Crippen molar-refractivity contribution in [3.8, 4) is 11.5 Å². The topological polar surface area (TPSA) is 41.5 Å². The average molecular weight is 578 g/mol. The van der Waals surface area contributed by atoms with Crippen LogP contribution in [0.3, 0.4) is 0 Å². The zero-order valence-corrected chi connectivity index (χ0v) is 21.7. The van der Waals surface area contributed by atoms with Crippen molar-refractivity contribution in [2.75, 3.05) is 6.61 Å². The molecule has 0 bridgehead atoms. The van der Waals surface area contributed by atoms with Crippen molar-refractivity contribution in [2.24, 2.45) is 0 Å². The largest absolute Gasteiger partial charge is 0.457 e. The number of hydrogen-bond donors (Lipinski definition) is 2. The third-order valence-corrected chi connectivity index (χ3v) is 6.54. The summed E-state index contributed by atoms with van der Waals surface area (Å²) in [4.78, 5) is 0. The highest BCUT2D eigenvalue weighted by Gasteiger charge is 2.33. The van der Waals surface area contributed by atoms with Gasteiger partial charge in [0.2, 0.25) is 0 Å². The van der Waals surface area contributed by atoms with Gasteiger partial charge < -0.3 is 9.84 Å². The van der Waals surface area contributed by atoms with E-state index in [4.69, 9.17) is 4.74 Å². The molecule has 216 valence electrons. The summed E-state index contributed by atoms with van der Waals surface area (Å²) in [6.07, 6.45) is -8.65. The molecule has 0 saturated heterocycles. The van der Waals surface area contributed by atoms with Crippen molar-refractivity contribution >= 4 is 0 Å².